The van der Waals surface area contributed by atoms with Gasteiger partial charge in [0.2, 0.25) is 0 Å². The highest BCUT2D eigenvalue weighted by molar-refractivity contribution is 5.77. The summed E-state index contributed by atoms with van der Waals surface area (Å²) in [6, 6.07) is 2.77. The number of aliphatic hydroxyl groups is 1. The zero-order chi connectivity index (χ0) is 11.8. The summed E-state index contributed by atoms with van der Waals surface area (Å²) < 4.78 is 4.86. The fourth-order valence-electron chi connectivity index (χ4n) is 0.878. The second kappa shape index (κ2) is 6.36. The molecule has 0 saturated heterocycles. The third kappa shape index (κ3) is 3.93. The second-order valence-electron chi connectivity index (χ2n) is 2.70. The van der Waals surface area contributed by atoms with Crippen LogP contribution in [0.15, 0.2) is 27.7 Å². The Morgan fingerprint density at radius 2 is 2.44 bits per heavy atom. The van der Waals surface area contributed by atoms with Crippen molar-refractivity contribution in [3.8, 4) is 0 Å². The maximum absolute atomic E-state index is 10.3. The highest BCUT2D eigenvalue weighted by Gasteiger charge is 2.09. The van der Waals surface area contributed by atoms with Gasteiger partial charge in [-0.2, -0.15) is 5.10 Å². The molecule has 0 aliphatic rings. The predicted octanol–water partition coefficient (Wildman–Crippen LogP) is 0.769. The predicted molar refractivity (Wildman–Crippen MR) is 58.0 cm³/mol. The summed E-state index contributed by atoms with van der Waals surface area (Å²) in [6.07, 6.45) is 4.55. The number of hydrogen-bond donors (Lipinski definition) is 2. The van der Waals surface area contributed by atoms with Crippen molar-refractivity contribution in [2.45, 2.75) is 0 Å². The molecule has 1 aromatic heterocycles. The van der Waals surface area contributed by atoms with E-state index >= 15 is 0 Å². The van der Waals surface area contributed by atoms with E-state index in [9.17, 15) is 10.1 Å². The lowest BCUT2D eigenvalue weighted by molar-refractivity contribution is -0.402. The van der Waals surface area contributed by atoms with Crippen LogP contribution in [0.4, 0.5) is 5.88 Å². The lowest BCUT2D eigenvalue weighted by Gasteiger charge is -1.91. The Labute approximate surface area is 91.2 Å². The third-order valence-corrected chi connectivity index (χ3v) is 1.53. The Hall–Kier alpha value is -2.15. The Balaban J connectivity index is 2.43. The first-order valence-electron chi connectivity index (χ1n) is 4.51. The minimum atomic E-state index is -0.603. The SMILES string of the molecule is O=[N+]([O-])c1ccc(/C=C/C=N/NCCO)o1. The van der Waals surface area contributed by atoms with E-state index in [1.54, 1.807) is 6.08 Å². The maximum atomic E-state index is 10.3. The molecule has 0 aliphatic carbocycles. The van der Waals surface area contributed by atoms with Crippen LogP contribution in [0.25, 0.3) is 6.08 Å². The topological polar surface area (TPSA) is 101 Å². The summed E-state index contributed by atoms with van der Waals surface area (Å²) in [5.74, 6) is 0.0790. The normalized spacial score (nSPS) is 11.3. The van der Waals surface area contributed by atoms with Gasteiger partial charge in [0.1, 0.15) is 10.7 Å². The van der Waals surface area contributed by atoms with E-state index in [-0.39, 0.29) is 12.5 Å². The van der Waals surface area contributed by atoms with Crippen LogP contribution in [0.1, 0.15) is 5.76 Å². The van der Waals surface area contributed by atoms with Gasteiger partial charge in [0.25, 0.3) is 0 Å². The van der Waals surface area contributed by atoms with Gasteiger partial charge in [-0.3, -0.25) is 10.1 Å². The van der Waals surface area contributed by atoms with Gasteiger partial charge in [-0.25, -0.2) is 0 Å². The van der Waals surface area contributed by atoms with Crippen molar-refractivity contribution in [2.24, 2.45) is 5.10 Å². The molecule has 0 fully saturated rings. The van der Waals surface area contributed by atoms with Crippen molar-refractivity contribution in [2.75, 3.05) is 13.2 Å². The minimum absolute atomic E-state index is 0.00539. The Morgan fingerprint density at radius 3 is 3.06 bits per heavy atom. The van der Waals surface area contributed by atoms with Gasteiger partial charge in [0.15, 0.2) is 0 Å². The van der Waals surface area contributed by atoms with Crippen LogP contribution in [0.2, 0.25) is 0 Å². The number of hydrogen-bond acceptors (Lipinski definition) is 6. The van der Waals surface area contributed by atoms with Gasteiger partial charge in [-0.05, 0) is 18.2 Å². The van der Waals surface area contributed by atoms with E-state index in [0.29, 0.717) is 12.3 Å². The van der Waals surface area contributed by atoms with E-state index in [0.717, 1.165) is 0 Å². The standard InChI is InChI=1S/C9H11N3O4/c13-7-6-11-10-5-1-2-8-3-4-9(16-8)12(14)15/h1-5,11,13H,6-7H2/b2-1+,10-5+. The van der Waals surface area contributed by atoms with Crippen molar-refractivity contribution in [1.29, 1.82) is 0 Å². The molecule has 0 radical (unpaired) electrons. The maximum Gasteiger partial charge on any atom is 0.433 e. The Morgan fingerprint density at radius 1 is 1.62 bits per heavy atom. The van der Waals surface area contributed by atoms with Crippen LogP contribution in [0, 0.1) is 10.1 Å². The van der Waals surface area contributed by atoms with Gasteiger partial charge >= 0.3 is 5.88 Å². The molecule has 1 aromatic rings. The van der Waals surface area contributed by atoms with Gasteiger partial charge in [0.05, 0.1) is 19.2 Å². The third-order valence-electron chi connectivity index (χ3n) is 1.53. The number of nitro groups is 1. The van der Waals surface area contributed by atoms with Crippen LogP contribution >= 0.6 is 0 Å². The summed E-state index contributed by atoms with van der Waals surface area (Å²) in [6.45, 7) is 0.377. The summed E-state index contributed by atoms with van der Waals surface area (Å²) >= 11 is 0. The first-order valence-corrected chi connectivity index (χ1v) is 4.51. The van der Waals surface area contributed by atoms with Crippen molar-refractivity contribution in [3.63, 3.8) is 0 Å². The summed E-state index contributed by atoms with van der Waals surface area (Å²) in [5.41, 5.74) is 2.57. The molecule has 2 N–H and O–H groups in total. The molecule has 0 saturated carbocycles. The molecule has 0 aliphatic heterocycles. The lowest BCUT2D eigenvalue weighted by Crippen LogP contribution is -2.10. The molecule has 7 nitrogen and oxygen atoms in total. The average molecular weight is 225 g/mol. The molecule has 0 unspecified atom stereocenters. The molecule has 0 aromatic carbocycles. The molecular formula is C9H11N3O4. The van der Waals surface area contributed by atoms with Crippen molar-refractivity contribution in [1.82, 2.24) is 5.43 Å². The number of nitrogens with zero attached hydrogens (tertiary/aromatic N) is 2. The highest BCUT2D eigenvalue weighted by atomic mass is 16.6. The van der Waals surface area contributed by atoms with Gasteiger partial charge in [-0.15, -0.1) is 0 Å². The first kappa shape index (κ1) is 11.9. The monoisotopic (exact) mass is 225 g/mol. The molecule has 0 spiro atoms. The van der Waals surface area contributed by atoms with Crippen LogP contribution in [-0.2, 0) is 0 Å². The van der Waals surface area contributed by atoms with Crippen LogP contribution in [0.5, 0.6) is 0 Å². The molecule has 0 atom stereocenters. The number of rotatable bonds is 6. The van der Waals surface area contributed by atoms with Gasteiger partial charge in [-0.1, -0.05) is 0 Å². The van der Waals surface area contributed by atoms with Crippen molar-refractivity contribution < 1.29 is 14.4 Å². The highest BCUT2D eigenvalue weighted by Crippen LogP contribution is 2.16. The van der Waals surface area contributed by atoms with Crippen LogP contribution in [-0.4, -0.2) is 29.4 Å². The second-order valence-corrected chi connectivity index (χ2v) is 2.70. The quantitative estimate of drug-likeness (QED) is 0.322. The van der Waals surface area contributed by atoms with E-state index in [2.05, 4.69) is 10.5 Å². The van der Waals surface area contributed by atoms with E-state index < -0.39 is 4.92 Å². The largest absolute Gasteiger partial charge is 0.433 e. The smallest absolute Gasteiger partial charge is 0.401 e. The Kier molecular flexibility index (Phi) is 4.74. The van der Waals surface area contributed by atoms with E-state index in [1.807, 2.05) is 0 Å². The first-order chi connectivity index (χ1) is 7.74. The zero-order valence-electron chi connectivity index (χ0n) is 8.37. The number of furan rings is 1. The van der Waals surface area contributed by atoms with Crippen LogP contribution < -0.4 is 5.43 Å². The van der Waals surface area contributed by atoms with Crippen molar-refractivity contribution >= 4 is 18.2 Å². The fraction of sp³-hybridized carbons (Fsp3) is 0.222. The molecule has 16 heavy (non-hydrogen) atoms. The molecule has 7 heteroatoms. The molecule has 0 amide bonds. The summed E-state index contributed by atoms with van der Waals surface area (Å²) in [7, 11) is 0. The number of hydrazone groups is 1. The zero-order valence-corrected chi connectivity index (χ0v) is 8.37. The minimum Gasteiger partial charge on any atom is -0.401 e. The molecule has 86 valence electrons. The molecule has 1 heterocycles. The number of nitrogens with one attached hydrogen (secondary N) is 1. The Bertz CT molecular complexity index is 397. The fourth-order valence-corrected chi connectivity index (χ4v) is 0.878. The van der Waals surface area contributed by atoms with Crippen LogP contribution in [0.3, 0.4) is 0 Å². The van der Waals surface area contributed by atoms with Gasteiger partial charge in [0, 0.05) is 6.21 Å². The van der Waals surface area contributed by atoms with E-state index in [1.165, 1.54) is 24.4 Å². The summed E-state index contributed by atoms with van der Waals surface area (Å²) in [5, 5.41) is 22.4. The van der Waals surface area contributed by atoms with Crippen molar-refractivity contribution in [3.05, 3.63) is 34.1 Å². The molecule has 1 rings (SSSR count). The molecular weight excluding hydrogens is 214 g/mol. The molecule has 0 bridgehead atoms. The van der Waals surface area contributed by atoms with Gasteiger partial charge < -0.3 is 14.9 Å². The lowest BCUT2D eigenvalue weighted by atomic mass is 10.4. The summed E-state index contributed by atoms with van der Waals surface area (Å²) in [4.78, 5) is 9.69. The average Bonchev–Trinajstić information content (AvgIpc) is 2.72. The van der Waals surface area contributed by atoms with E-state index in [4.69, 9.17) is 9.52 Å². The number of allylic oxidation sites excluding steroid dienone is 1. The number of aliphatic hydroxyl groups excluding tert-OH is 1.